The summed E-state index contributed by atoms with van der Waals surface area (Å²) in [6.07, 6.45) is 5.55. The smallest absolute Gasteiger partial charge is 0.408 e. The number of amides is 5. The Morgan fingerprint density at radius 1 is 1.11 bits per heavy atom. The van der Waals surface area contributed by atoms with E-state index in [4.69, 9.17) is 4.74 Å². The van der Waals surface area contributed by atoms with Gasteiger partial charge in [0.15, 0.2) is 0 Å². The van der Waals surface area contributed by atoms with Crippen LogP contribution in [0.15, 0.2) is 24.8 Å². The number of alkyl carbamates (subject to hydrolysis) is 1. The third-order valence-corrected chi connectivity index (χ3v) is 9.46. The Morgan fingerprint density at radius 2 is 1.77 bits per heavy atom. The van der Waals surface area contributed by atoms with Crippen molar-refractivity contribution in [1.82, 2.24) is 30.1 Å². The van der Waals surface area contributed by atoms with Crippen molar-refractivity contribution >= 4 is 39.7 Å². The van der Waals surface area contributed by atoms with Crippen LogP contribution in [0.5, 0.6) is 0 Å². The van der Waals surface area contributed by atoms with Crippen molar-refractivity contribution < 1.29 is 37.1 Å². The first-order chi connectivity index (χ1) is 20.4. The number of hydrogen-bond donors (Lipinski definition) is 3. The summed E-state index contributed by atoms with van der Waals surface area (Å²) in [6.45, 7) is 9.25. The van der Waals surface area contributed by atoms with Crippen molar-refractivity contribution in [3.8, 4) is 0 Å². The average molecular weight is 639 g/mol. The van der Waals surface area contributed by atoms with Gasteiger partial charge < -0.3 is 30.1 Å². The minimum absolute atomic E-state index is 0.173. The molecular weight excluding hydrogens is 592 g/mol. The molecule has 1 heterocycles. The van der Waals surface area contributed by atoms with Gasteiger partial charge in [0, 0.05) is 32.1 Å². The molecule has 0 aromatic rings. The number of nitrogens with zero attached hydrogens (tertiary/aromatic N) is 3. The Kier molecular flexibility index (Phi) is 10.9. The van der Waals surface area contributed by atoms with E-state index in [0.29, 0.717) is 25.8 Å². The van der Waals surface area contributed by atoms with Gasteiger partial charge in [-0.05, 0) is 67.0 Å². The molecule has 44 heavy (non-hydrogen) atoms. The van der Waals surface area contributed by atoms with E-state index in [1.807, 2.05) is 19.0 Å². The largest absolute Gasteiger partial charge is 0.444 e. The highest BCUT2D eigenvalue weighted by molar-refractivity contribution is 7.91. The molecule has 0 aromatic heterocycles. The van der Waals surface area contributed by atoms with Crippen molar-refractivity contribution in [2.45, 2.75) is 81.3 Å². The number of carbonyl (C=O) groups excluding carboxylic acids is 5. The second-order valence-electron chi connectivity index (χ2n) is 13.0. The fourth-order valence-corrected chi connectivity index (χ4v) is 6.38. The summed E-state index contributed by atoms with van der Waals surface area (Å²) in [5.74, 6) is -2.91. The van der Waals surface area contributed by atoms with E-state index in [2.05, 4.69) is 21.9 Å². The van der Waals surface area contributed by atoms with Crippen molar-refractivity contribution in [2.24, 2.45) is 5.92 Å². The van der Waals surface area contributed by atoms with E-state index in [1.54, 1.807) is 26.8 Å². The van der Waals surface area contributed by atoms with Crippen LogP contribution in [0.3, 0.4) is 0 Å². The standard InChI is InChI=1S/C29H46N6O8S/c1-8-19-17-29(19,26(39)32-44(41,42)20-13-14-20)31-24(37)22-11-9-16-35(22)25(38)21(30-27(40)43-28(2,3)4)18-34(7)23(36)12-10-15-33(5)6/h8,10,12,19-22H,1,9,11,13-18H2,2-7H3,(H,30,40)(H,31,37)(H,32,39)/t19-,21?,22+,29-/m1/s1. The van der Waals surface area contributed by atoms with Crippen LogP contribution in [0.2, 0.25) is 0 Å². The number of hydrogen-bond acceptors (Lipinski definition) is 9. The van der Waals surface area contributed by atoms with Crippen LogP contribution in [-0.2, 0) is 33.9 Å². The molecule has 2 saturated carbocycles. The number of ether oxygens (including phenoxy) is 1. The highest BCUT2D eigenvalue weighted by atomic mass is 32.2. The van der Waals surface area contributed by atoms with Crippen molar-refractivity contribution in [1.29, 1.82) is 0 Å². The minimum Gasteiger partial charge on any atom is -0.444 e. The zero-order valence-electron chi connectivity index (χ0n) is 26.4. The van der Waals surface area contributed by atoms with Crippen LogP contribution in [0, 0.1) is 5.92 Å². The van der Waals surface area contributed by atoms with E-state index in [0.717, 1.165) is 0 Å². The Morgan fingerprint density at radius 3 is 2.32 bits per heavy atom. The van der Waals surface area contributed by atoms with Gasteiger partial charge in [0.1, 0.15) is 23.2 Å². The zero-order chi connectivity index (χ0) is 33.0. The van der Waals surface area contributed by atoms with Gasteiger partial charge in [-0.1, -0.05) is 12.2 Å². The topological polar surface area (TPSA) is 175 Å². The predicted octanol–water partition coefficient (Wildman–Crippen LogP) is 0.116. The molecule has 1 unspecified atom stereocenters. The van der Waals surface area contributed by atoms with Gasteiger partial charge in [-0.25, -0.2) is 13.2 Å². The molecule has 14 nitrogen and oxygen atoms in total. The summed E-state index contributed by atoms with van der Waals surface area (Å²) >= 11 is 0. The van der Waals surface area contributed by atoms with Gasteiger partial charge in [0.25, 0.3) is 5.91 Å². The maximum Gasteiger partial charge on any atom is 0.408 e. The highest BCUT2D eigenvalue weighted by Gasteiger charge is 2.61. The van der Waals surface area contributed by atoms with E-state index in [9.17, 15) is 32.4 Å². The first-order valence-electron chi connectivity index (χ1n) is 14.8. The molecular formula is C29H46N6O8S. The molecule has 5 amide bonds. The predicted molar refractivity (Wildman–Crippen MR) is 162 cm³/mol. The molecule has 3 N–H and O–H groups in total. The van der Waals surface area contributed by atoms with Gasteiger partial charge in [-0.2, -0.15) is 0 Å². The molecule has 3 aliphatic rings. The number of likely N-dealkylation sites (N-methyl/N-ethyl adjacent to an activating group) is 2. The number of rotatable bonds is 13. The zero-order valence-corrected chi connectivity index (χ0v) is 27.2. The van der Waals surface area contributed by atoms with Crippen molar-refractivity contribution in [2.75, 3.05) is 40.8 Å². The molecule has 3 fully saturated rings. The monoisotopic (exact) mass is 638 g/mol. The van der Waals surface area contributed by atoms with Crippen molar-refractivity contribution in [3.05, 3.63) is 24.8 Å². The fraction of sp³-hybridized carbons (Fsp3) is 0.690. The molecule has 3 rings (SSSR count). The van der Waals surface area contributed by atoms with Crippen LogP contribution in [-0.4, -0.2) is 122 Å². The van der Waals surface area contributed by atoms with Gasteiger partial charge in [0.05, 0.1) is 11.8 Å². The van der Waals surface area contributed by atoms with E-state index in [-0.39, 0.29) is 31.8 Å². The van der Waals surface area contributed by atoms with Crippen LogP contribution >= 0.6 is 0 Å². The Balaban J connectivity index is 1.77. The Hall–Kier alpha value is -3.46. The molecule has 2 aliphatic carbocycles. The number of likely N-dealkylation sites (tertiary alicyclic amines) is 1. The van der Waals surface area contributed by atoms with Gasteiger partial charge in [-0.15, -0.1) is 6.58 Å². The molecule has 0 spiro atoms. The molecule has 0 aromatic carbocycles. The van der Waals surface area contributed by atoms with Crippen LogP contribution in [0.25, 0.3) is 0 Å². The lowest BCUT2D eigenvalue weighted by molar-refractivity contribution is -0.141. The molecule has 246 valence electrons. The molecule has 0 bridgehead atoms. The number of carbonyl (C=O) groups is 5. The summed E-state index contributed by atoms with van der Waals surface area (Å²) in [5, 5.41) is 4.64. The van der Waals surface area contributed by atoms with Crippen LogP contribution in [0.4, 0.5) is 4.79 Å². The highest BCUT2D eigenvalue weighted by Crippen LogP contribution is 2.45. The summed E-state index contributed by atoms with van der Waals surface area (Å²) in [7, 11) is 1.35. The van der Waals surface area contributed by atoms with Crippen LogP contribution < -0.4 is 15.4 Å². The lowest BCUT2D eigenvalue weighted by atomic mass is 10.1. The molecule has 0 radical (unpaired) electrons. The maximum atomic E-state index is 13.9. The summed E-state index contributed by atoms with van der Waals surface area (Å²) in [5.41, 5.74) is -2.34. The summed E-state index contributed by atoms with van der Waals surface area (Å²) in [6, 6.07) is -2.22. The average Bonchev–Trinajstić information content (AvgIpc) is 3.82. The fourth-order valence-electron chi connectivity index (χ4n) is 5.01. The molecule has 4 atom stereocenters. The third-order valence-electron chi connectivity index (χ3n) is 7.64. The van der Waals surface area contributed by atoms with E-state index < -0.39 is 68.2 Å². The minimum atomic E-state index is -3.85. The summed E-state index contributed by atoms with van der Waals surface area (Å²) in [4.78, 5) is 70.4. The Labute approximate surface area is 259 Å². The van der Waals surface area contributed by atoms with Gasteiger partial charge in [-0.3, -0.25) is 23.9 Å². The quantitative estimate of drug-likeness (QED) is 0.187. The second-order valence-corrected chi connectivity index (χ2v) is 14.9. The van der Waals surface area contributed by atoms with Gasteiger partial charge >= 0.3 is 6.09 Å². The molecule has 1 aliphatic heterocycles. The van der Waals surface area contributed by atoms with Gasteiger partial charge in [0.2, 0.25) is 27.7 Å². The maximum absolute atomic E-state index is 13.9. The lowest BCUT2D eigenvalue weighted by Gasteiger charge is -2.32. The normalized spacial score (nSPS) is 24.0. The van der Waals surface area contributed by atoms with E-state index in [1.165, 1.54) is 29.0 Å². The number of sulfonamides is 1. The first kappa shape index (κ1) is 35.0. The van der Waals surface area contributed by atoms with E-state index >= 15 is 0 Å². The Bertz CT molecular complexity index is 1290. The SMILES string of the molecule is C=C[C@@H]1C[C@]1(NC(=O)[C@@H]1CCCN1C(=O)C(CN(C)C(=O)C=CCN(C)C)NC(=O)OC(C)(C)C)C(=O)NS(=O)(=O)C1CC1. The second kappa shape index (κ2) is 13.7. The van der Waals surface area contributed by atoms with Crippen LogP contribution in [0.1, 0.15) is 52.9 Å². The molecule has 1 saturated heterocycles. The molecule has 15 heteroatoms. The van der Waals surface area contributed by atoms with Crippen molar-refractivity contribution in [3.63, 3.8) is 0 Å². The first-order valence-corrected chi connectivity index (χ1v) is 16.3. The third kappa shape index (κ3) is 9.03. The lowest BCUT2D eigenvalue weighted by Crippen LogP contribution is -2.59. The summed E-state index contributed by atoms with van der Waals surface area (Å²) < 4.78 is 32.3. The number of nitrogens with one attached hydrogen (secondary N) is 3.